The maximum atomic E-state index is 5.99. The predicted molar refractivity (Wildman–Crippen MR) is 126 cm³/mol. The van der Waals surface area contributed by atoms with Crippen LogP contribution in [0.5, 0.6) is 11.5 Å². The fourth-order valence-electron chi connectivity index (χ4n) is 2.80. The number of rotatable bonds is 5. The molecule has 30 heavy (non-hydrogen) atoms. The van der Waals surface area contributed by atoms with Crippen molar-refractivity contribution in [2.24, 2.45) is 10.7 Å². The van der Waals surface area contributed by atoms with Gasteiger partial charge in [-0.05, 0) is 24.3 Å². The van der Waals surface area contributed by atoms with Crippen molar-refractivity contribution < 1.29 is 14.0 Å². The summed E-state index contributed by atoms with van der Waals surface area (Å²) >= 11 is 5.99. The number of nitrogens with zero attached hydrogens (tertiary/aromatic N) is 3. The molecule has 4 rings (SSSR count). The number of halogens is 2. The van der Waals surface area contributed by atoms with Crippen LogP contribution in [0.2, 0.25) is 5.02 Å². The van der Waals surface area contributed by atoms with Crippen LogP contribution in [0.4, 0.5) is 5.69 Å². The van der Waals surface area contributed by atoms with Gasteiger partial charge in [-0.3, -0.25) is 4.99 Å². The van der Waals surface area contributed by atoms with Crippen molar-refractivity contribution in [1.82, 2.24) is 10.1 Å². The number of hydrogen-bond acceptors (Lipinski definition) is 6. The summed E-state index contributed by atoms with van der Waals surface area (Å²) < 4.78 is 16.6. The van der Waals surface area contributed by atoms with Crippen molar-refractivity contribution in [3.63, 3.8) is 0 Å². The lowest BCUT2D eigenvalue weighted by molar-refractivity contribution is 0.297. The number of aromatic nitrogens is 2. The Morgan fingerprint density at radius 2 is 1.97 bits per heavy atom. The van der Waals surface area contributed by atoms with Gasteiger partial charge in [0.1, 0.15) is 0 Å². The maximum absolute atomic E-state index is 5.99. The van der Waals surface area contributed by atoms with Gasteiger partial charge in [0.15, 0.2) is 17.5 Å². The number of fused-ring (bicyclic) bond motifs is 1. The second kappa shape index (κ2) is 10.5. The third-order valence-corrected chi connectivity index (χ3v) is 4.41. The van der Waals surface area contributed by atoms with Crippen LogP contribution in [0.1, 0.15) is 12.3 Å². The average Bonchev–Trinajstić information content (AvgIpc) is 3.06. The molecule has 2 aromatic carbocycles. The minimum Gasteiger partial charge on any atom is -0.490 e. The monoisotopic (exact) mass is 541 g/mol. The zero-order chi connectivity index (χ0) is 20.1. The summed E-state index contributed by atoms with van der Waals surface area (Å²) in [5.74, 6) is 2.68. The number of hydrogen-bond donors (Lipinski definition) is 2. The standard InChI is InChI=1S/C20H20ClN5O3.HI/c21-14-4-1-3-13(11-14)19-25-18(29-26-19)7-8-23-20(22)24-15-5-6-16-17(12-15)28-10-2-9-27-16;/h1,3-6,11-12H,2,7-10H2,(H3,22,23,24);1H. The Bertz CT molecular complexity index is 1030. The van der Waals surface area contributed by atoms with Gasteiger partial charge in [0, 0.05) is 35.2 Å². The van der Waals surface area contributed by atoms with Crippen molar-refractivity contribution in [1.29, 1.82) is 0 Å². The summed E-state index contributed by atoms with van der Waals surface area (Å²) in [5, 5.41) is 7.64. The average molecular weight is 542 g/mol. The van der Waals surface area contributed by atoms with Gasteiger partial charge in [-0.25, -0.2) is 0 Å². The van der Waals surface area contributed by atoms with Crippen LogP contribution in [-0.2, 0) is 6.42 Å². The molecule has 8 nitrogen and oxygen atoms in total. The summed E-state index contributed by atoms with van der Waals surface area (Å²) in [6.45, 7) is 1.68. The van der Waals surface area contributed by atoms with Gasteiger partial charge in [0.2, 0.25) is 11.7 Å². The van der Waals surface area contributed by atoms with Crippen LogP contribution in [0.3, 0.4) is 0 Å². The molecule has 0 amide bonds. The van der Waals surface area contributed by atoms with Gasteiger partial charge in [0.25, 0.3) is 0 Å². The molecule has 0 atom stereocenters. The SMILES string of the molecule is I.NC(=NCCc1nc(-c2cccc(Cl)c2)no1)Nc1ccc2c(c1)OCCCO2. The van der Waals surface area contributed by atoms with Crippen LogP contribution >= 0.6 is 35.6 Å². The fraction of sp³-hybridized carbons (Fsp3) is 0.250. The fourth-order valence-corrected chi connectivity index (χ4v) is 2.99. The van der Waals surface area contributed by atoms with Gasteiger partial charge in [-0.2, -0.15) is 4.98 Å². The Hall–Kier alpha value is -2.53. The number of aliphatic imine (C=N–C) groups is 1. The highest BCUT2D eigenvalue weighted by Gasteiger charge is 2.11. The first-order chi connectivity index (χ1) is 14.2. The van der Waals surface area contributed by atoms with Crippen LogP contribution in [-0.4, -0.2) is 35.9 Å². The first-order valence-electron chi connectivity index (χ1n) is 9.22. The topological polar surface area (TPSA) is 108 Å². The lowest BCUT2D eigenvalue weighted by Gasteiger charge is -2.10. The van der Waals surface area contributed by atoms with E-state index in [1.165, 1.54) is 0 Å². The van der Waals surface area contributed by atoms with Gasteiger partial charge in [-0.15, -0.1) is 24.0 Å². The van der Waals surface area contributed by atoms with Crippen molar-refractivity contribution in [2.75, 3.05) is 25.1 Å². The number of anilines is 1. The van der Waals surface area contributed by atoms with Crippen LogP contribution < -0.4 is 20.5 Å². The third kappa shape index (κ3) is 5.76. The first-order valence-corrected chi connectivity index (χ1v) is 9.60. The molecule has 0 spiro atoms. The van der Waals surface area contributed by atoms with Gasteiger partial charge in [-0.1, -0.05) is 28.9 Å². The first kappa shape index (κ1) is 22.2. The van der Waals surface area contributed by atoms with E-state index in [1.54, 1.807) is 12.1 Å². The van der Waals surface area contributed by atoms with E-state index in [1.807, 2.05) is 30.3 Å². The molecule has 10 heteroatoms. The van der Waals surface area contributed by atoms with E-state index in [-0.39, 0.29) is 29.9 Å². The normalized spacial score (nSPS) is 13.3. The van der Waals surface area contributed by atoms with Crippen molar-refractivity contribution in [3.8, 4) is 22.9 Å². The summed E-state index contributed by atoms with van der Waals surface area (Å²) in [6, 6.07) is 12.8. The number of nitrogens with two attached hydrogens (primary N) is 1. The Kier molecular flexibility index (Phi) is 7.75. The smallest absolute Gasteiger partial charge is 0.228 e. The van der Waals surface area contributed by atoms with Crippen LogP contribution in [0, 0.1) is 0 Å². The molecule has 0 saturated heterocycles. The molecule has 0 saturated carbocycles. The van der Waals surface area contributed by atoms with Crippen LogP contribution in [0.15, 0.2) is 52.0 Å². The lowest BCUT2D eigenvalue weighted by atomic mass is 10.2. The molecule has 0 bridgehead atoms. The highest BCUT2D eigenvalue weighted by molar-refractivity contribution is 14.0. The molecule has 1 aliphatic rings. The second-order valence-corrected chi connectivity index (χ2v) is 6.81. The van der Waals surface area contributed by atoms with Gasteiger partial charge in [0.05, 0.1) is 19.8 Å². The molecule has 3 N–H and O–H groups in total. The highest BCUT2D eigenvalue weighted by atomic mass is 127. The predicted octanol–water partition coefficient (Wildman–Crippen LogP) is 4.14. The van der Waals surface area contributed by atoms with Gasteiger partial charge < -0.3 is 25.0 Å². The summed E-state index contributed by atoms with van der Waals surface area (Å²) in [7, 11) is 0. The molecule has 1 aromatic heterocycles. The molecule has 158 valence electrons. The Morgan fingerprint density at radius 3 is 2.80 bits per heavy atom. The van der Waals surface area contributed by atoms with E-state index < -0.39 is 0 Å². The van der Waals surface area contributed by atoms with E-state index in [2.05, 4.69) is 20.4 Å². The molecular weight excluding hydrogens is 521 g/mol. The number of nitrogens with one attached hydrogen (secondary N) is 1. The summed E-state index contributed by atoms with van der Waals surface area (Å²) in [6.07, 6.45) is 1.33. The summed E-state index contributed by atoms with van der Waals surface area (Å²) in [5.41, 5.74) is 7.55. The van der Waals surface area contributed by atoms with Crippen molar-refractivity contribution in [2.45, 2.75) is 12.8 Å². The Morgan fingerprint density at radius 1 is 1.13 bits per heavy atom. The molecule has 3 aromatic rings. The molecule has 0 radical (unpaired) electrons. The Labute approximate surface area is 195 Å². The summed E-state index contributed by atoms with van der Waals surface area (Å²) in [4.78, 5) is 8.67. The highest BCUT2D eigenvalue weighted by Crippen LogP contribution is 2.32. The van der Waals surface area contributed by atoms with Crippen LogP contribution in [0.25, 0.3) is 11.4 Å². The van der Waals surface area contributed by atoms with Crippen molar-refractivity contribution in [3.05, 3.63) is 53.4 Å². The second-order valence-electron chi connectivity index (χ2n) is 6.38. The van der Waals surface area contributed by atoms with E-state index in [9.17, 15) is 0 Å². The number of benzene rings is 2. The molecule has 2 heterocycles. The third-order valence-electron chi connectivity index (χ3n) is 4.18. The number of guanidine groups is 1. The Balaban J connectivity index is 0.00000256. The van der Waals surface area contributed by atoms with E-state index in [4.69, 9.17) is 31.3 Å². The minimum atomic E-state index is 0. The largest absolute Gasteiger partial charge is 0.490 e. The zero-order valence-corrected chi connectivity index (χ0v) is 19.1. The zero-order valence-electron chi connectivity index (χ0n) is 16.0. The van der Waals surface area contributed by atoms with Crippen molar-refractivity contribution >= 4 is 47.2 Å². The molecule has 0 fully saturated rings. The minimum absolute atomic E-state index is 0. The molecular formula is C20H21ClIN5O3. The maximum Gasteiger partial charge on any atom is 0.228 e. The van der Waals surface area contributed by atoms with E-state index in [0.717, 1.165) is 23.4 Å². The lowest BCUT2D eigenvalue weighted by Crippen LogP contribution is -2.23. The quantitative estimate of drug-likeness (QED) is 0.284. The van der Waals surface area contributed by atoms with Gasteiger partial charge >= 0.3 is 0 Å². The molecule has 1 aliphatic heterocycles. The molecule has 0 unspecified atom stereocenters. The number of ether oxygens (including phenoxy) is 2. The molecule has 0 aliphatic carbocycles. The van der Waals surface area contributed by atoms with E-state index >= 15 is 0 Å². The van der Waals surface area contributed by atoms with E-state index in [0.29, 0.717) is 48.7 Å².